The molecule has 4 nitrogen and oxygen atoms in total. The predicted molar refractivity (Wildman–Crippen MR) is 112 cm³/mol. The standard InChI is InChI=1S/C18H12Br2Cl2N2O2/c1-9-4-5-13(21)17(15(9)22)24-14(25)8-26-18-12(20)7-11(19)10-3-2-6-23-16(10)18/h2-7H,8H2,1H3,(H,24,25). The molecule has 134 valence electrons. The zero-order chi connectivity index (χ0) is 18.8. The van der Waals surface area contributed by atoms with Crippen molar-refractivity contribution in [2.45, 2.75) is 6.92 Å². The first-order valence-electron chi connectivity index (χ1n) is 7.48. The van der Waals surface area contributed by atoms with Gasteiger partial charge in [0.05, 0.1) is 20.2 Å². The van der Waals surface area contributed by atoms with Crippen LogP contribution < -0.4 is 10.1 Å². The Kier molecular flexibility index (Phi) is 6.07. The number of rotatable bonds is 4. The number of hydrogen-bond donors (Lipinski definition) is 1. The molecule has 0 radical (unpaired) electrons. The molecular weight excluding hydrogens is 507 g/mol. The van der Waals surface area contributed by atoms with E-state index in [0.717, 1.165) is 15.4 Å². The highest BCUT2D eigenvalue weighted by molar-refractivity contribution is 9.11. The van der Waals surface area contributed by atoms with Gasteiger partial charge in [-0.15, -0.1) is 0 Å². The second-order valence-corrected chi connectivity index (χ2v) is 7.95. The van der Waals surface area contributed by atoms with E-state index in [1.54, 1.807) is 18.3 Å². The molecule has 0 aliphatic carbocycles. The molecule has 0 saturated carbocycles. The second-order valence-electron chi connectivity index (χ2n) is 5.46. The SMILES string of the molecule is Cc1ccc(Cl)c(NC(=O)COc2c(Br)cc(Br)c3cccnc23)c1Cl. The van der Waals surface area contributed by atoms with Crippen molar-refractivity contribution < 1.29 is 9.53 Å². The fourth-order valence-corrected chi connectivity index (χ4v) is 4.22. The summed E-state index contributed by atoms with van der Waals surface area (Å²) in [5.41, 5.74) is 1.84. The number of aromatic nitrogens is 1. The molecule has 3 rings (SSSR count). The van der Waals surface area contributed by atoms with Gasteiger partial charge < -0.3 is 10.1 Å². The van der Waals surface area contributed by atoms with Gasteiger partial charge in [-0.25, -0.2) is 0 Å². The van der Waals surface area contributed by atoms with Gasteiger partial charge in [0.15, 0.2) is 12.4 Å². The van der Waals surface area contributed by atoms with Gasteiger partial charge in [0.2, 0.25) is 0 Å². The summed E-state index contributed by atoms with van der Waals surface area (Å²) in [5.74, 6) is 0.110. The number of nitrogens with one attached hydrogen (secondary N) is 1. The van der Waals surface area contributed by atoms with Gasteiger partial charge in [0.1, 0.15) is 5.52 Å². The van der Waals surface area contributed by atoms with Gasteiger partial charge >= 0.3 is 0 Å². The molecule has 2 aromatic carbocycles. The van der Waals surface area contributed by atoms with Gasteiger partial charge in [-0.05, 0) is 46.6 Å². The monoisotopic (exact) mass is 516 g/mol. The minimum atomic E-state index is -0.377. The number of hydrogen-bond acceptors (Lipinski definition) is 3. The number of benzene rings is 2. The van der Waals surface area contributed by atoms with E-state index in [0.29, 0.717) is 31.5 Å². The summed E-state index contributed by atoms with van der Waals surface area (Å²) in [4.78, 5) is 16.7. The van der Waals surface area contributed by atoms with E-state index in [2.05, 4.69) is 42.2 Å². The van der Waals surface area contributed by atoms with Crippen LogP contribution in [0.1, 0.15) is 5.56 Å². The van der Waals surface area contributed by atoms with E-state index < -0.39 is 0 Å². The molecule has 1 heterocycles. The molecule has 0 saturated heterocycles. The first-order chi connectivity index (χ1) is 12.4. The van der Waals surface area contributed by atoms with E-state index in [4.69, 9.17) is 27.9 Å². The largest absolute Gasteiger partial charge is 0.480 e. The first-order valence-corrected chi connectivity index (χ1v) is 9.82. The molecule has 1 amide bonds. The molecular formula is C18H12Br2Cl2N2O2. The Morgan fingerprint density at radius 2 is 2.00 bits per heavy atom. The number of fused-ring (bicyclic) bond motifs is 1. The number of amides is 1. The van der Waals surface area contributed by atoms with Crippen LogP contribution in [-0.4, -0.2) is 17.5 Å². The smallest absolute Gasteiger partial charge is 0.262 e. The van der Waals surface area contributed by atoms with Gasteiger partial charge in [-0.3, -0.25) is 9.78 Å². The Labute approximate surface area is 177 Å². The lowest BCUT2D eigenvalue weighted by molar-refractivity contribution is -0.118. The van der Waals surface area contributed by atoms with Crippen LogP contribution in [0.15, 0.2) is 45.5 Å². The second kappa shape index (κ2) is 8.13. The number of halogens is 4. The molecule has 0 spiro atoms. The van der Waals surface area contributed by atoms with Crippen molar-refractivity contribution in [3.05, 3.63) is 61.1 Å². The summed E-state index contributed by atoms with van der Waals surface area (Å²) in [6.45, 7) is 1.62. The summed E-state index contributed by atoms with van der Waals surface area (Å²) < 4.78 is 7.29. The van der Waals surface area contributed by atoms with Gasteiger partial charge in [0, 0.05) is 16.1 Å². The number of carbonyl (C=O) groups excluding carboxylic acids is 1. The third-order valence-corrected chi connectivity index (χ3v) is 5.69. The van der Waals surface area contributed by atoms with Crippen LogP contribution in [-0.2, 0) is 4.79 Å². The van der Waals surface area contributed by atoms with E-state index in [9.17, 15) is 4.79 Å². The van der Waals surface area contributed by atoms with Gasteiger partial charge in [-0.2, -0.15) is 0 Å². The zero-order valence-corrected chi connectivity index (χ0v) is 18.1. The molecule has 0 aliphatic heterocycles. The van der Waals surface area contributed by atoms with Crippen molar-refractivity contribution in [3.8, 4) is 5.75 Å². The Hall–Kier alpha value is -1.34. The highest BCUT2D eigenvalue weighted by Gasteiger charge is 2.15. The average Bonchev–Trinajstić information content (AvgIpc) is 2.62. The van der Waals surface area contributed by atoms with Gasteiger partial charge in [-0.1, -0.05) is 51.3 Å². The topological polar surface area (TPSA) is 51.2 Å². The summed E-state index contributed by atoms with van der Waals surface area (Å²) in [5, 5.41) is 4.35. The number of ether oxygens (including phenoxy) is 1. The van der Waals surface area contributed by atoms with Crippen molar-refractivity contribution in [1.82, 2.24) is 4.98 Å². The van der Waals surface area contributed by atoms with Crippen LogP contribution in [0.2, 0.25) is 10.0 Å². The van der Waals surface area contributed by atoms with E-state index in [1.165, 1.54) is 0 Å². The van der Waals surface area contributed by atoms with E-state index in [-0.39, 0.29) is 12.5 Å². The Morgan fingerprint density at radius 1 is 1.23 bits per heavy atom. The minimum absolute atomic E-state index is 0.216. The number of nitrogens with zero attached hydrogens (tertiary/aromatic N) is 1. The molecule has 1 aromatic heterocycles. The van der Waals surface area contributed by atoms with E-state index >= 15 is 0 Å². The highest BCUT2D eigenvalue weighted by Crippen LogP contribution is 2.37. The van der Waals surface area contributed by atoms with Crippen LogP contribution in [0.25, 0.3) is 10.9 Å². The lowest BCUT2D eigenvalue weighted by Crippen LogP contribution is -2.21. The summed E-state index contributed by atoms with van der Waals surface area (Å²) in [7, 11) is 0. The maximum Gasteiger partial charge on any atom is 0.262 e. The van der Waals surface area contributed by atoms with Crippen molar-refractivity contribution in [3.63, 3.8) is 0 Å². The Bertz CT molecular complexity index is 1010. The fourth-order valence-electron chi connectivity index (χ4n) is 2.37. The van der Waals surface area contributed by atoms with Crippen molar-refractivity contribution in [2.24, 2.45) is 0 Å². The molecule has 3 aromatic rings. The molecule has 0 aliphatic rings. The highest BCUT2D eigenvalue weighted by atomic mass is 79.9. The first kappa shape index (κ1) is 19.4. The average molecular weight is 519 g/mol. The number of pyridine rings is 1. The van der Waals surface area contributed by atoms with Crippen LogP contribution in [0, 0.1) is 6.92 Å². The number of carbonyl (C=O) groups is 1. The lowest BCUT2D eigenvalue weighted by Gasteiger charge is -2.14. The number of aryl methyl sites for hydroxylation is 1. The molecule has 0 atom stereocenters. The normalized spacial score (nSPS) is 10.8. The molecule has 0 fully saturated rings. The maximum absolute atomic E-state index is 12.3. The summed E-state index contributed by atoms with van der Waals surface area (Å²) in [6, 6.07) is 9.07. The number of anilines is 1. The van der Waals surface area contributed by atoms with Crippen molar-refractivity contribution in [1.29, 1.82) is 0 Å². The van der Waals surface area contributed by atoms with Crippen LogP contribution >= 0.6 is 55.1 Å². The van der Waals surface area contributed by atoms with Crippen LogP contribution in [0.5, 0.6) is 5.75 Å². The molecule has 8 heteroatoms. The molecule has 1 N–H and O–H groups in total. The molecule has 0 bridgehead atoms. The quantitative estimate of drug-likeness (QED) is 0.435. The minimum Gasteiger partial charge on any atom is -0.480 e. The predicted octanol–water partition coefficient (Wildman–Crippen LogP) is 6.39. The Morgan fingerprint density at radius 3 is 2.77 bits per heavy atom. The van der Waals surface area contributed by atoms with Crippen LogP contribution in [0.4, 0.5) is 5.69 Å². The summed E-state index contributed by atoms with van der Waals surface area (Å²) >= 11 is 19.3. The summed E-state index contributed by atoms with van der Waals surface area (Å²) in [6.07, 6.45) is 1.67. The van der Waals surface area contributed by atoms with E-state index in [1.807, 2.05) is 25.1 Å². The van der Waals surface area contributed by atoms with Crippen LogP contribution in [0.3, 0.4) is 0 Å². The fraction of sp³-hybridized carbons (Fsp3) is 0.111. The zero-order valence-electron chi connectivity index (χ0n) is 13.4. The third kappa shape index (κ3) is 3.98. The molecule has 26 heavy (non-hydrogen) atoms. The maximum atomic E-state index is 12.3. The Balaban J connectivity index is 1.81. The lowest BCUT2D eigenvalue weighted by atomic mass is 10.2. The van der Waals surface area contributed by atoms with Crippen molar-refractivity contribution >= 4 is 77.6 Å². The van der Waals surface area contributed by atoms with Crippen molar-refractivity contribution in [2.75, 3.05) is 11.9 Å². The molecule has 0 unspecified atom stereocenters. The third-order valence-electron chi connectivity index (χ3n) is 3.65. The van der Waals surface area contributed by atoms with Gasteiger partial charge in [0.25, 0.3) is 5.91 Å².